The van der Waals surface area contributed by atoms with Gasteiger partial charge in [0.25, 0.3) is 0 Å². The molecule has 0 aromatic rings. The highest BCUT2D eigenvalue weighted by atomic mass is 14.3. The zero-order chi connectivity index (χ0) is 13.6. The Morgan fingerprint density at radius 3 is 2.18 bits per heavy atom. The summed E-state index contributed by atoms with van der Waals surface area (Å²) >= 11 is 0. The lowest BCUT2D eigenvalue weighted by Gasteiger charge is -2.28. The van der Waals surface area contributed by atoms with Gasteiger partial charge in [0.05, 0.1) is 0 Å². The highest BCUT2D eigenvalue weighted by Crippen LogP contribution is 2.32. The van der Waals surface area contributed by atoms with Crippen LogP contribution in [-0.4, -0.2) is 0 Å². The maximum absolute atomic E-state index is 4.20. The third kappa shape index (κ3) is 6.71. The predicted octanol–water partition coefficient (Wildman–Crippen LogP) is 6.00. The molecule has 0 aromatic carbocycles. The summed E-state index contributed by atoms with van der Waals surface area (Å²) in [6.45, 7) is 20.2. The number of hydrogen-bond donors (Lipinski definition) is 0. The third-order valence-corrected chi connectivity index (χ3v) is 3.81. The van der Waals surface area contributed by atoms with Crippen LogP contribution >= 0.6 is 0 Å². The largest absolute Gasteiger partial charge is 0.0958 e. The van der Waals surface area contributed by atoms with E-state index >= 15 is 0 Å². The van der Waals surface area contributed by atoms with Gasteiger partial charge in [0, 0.05) is 0 Å². The van der Waals surface area contributed by atoms with Crippen LogP contribution in [0.1, 0.15) is 67.7 Å². The van der Waals surface area contributed by atoms with Gasteiger partial charge in [-0.3, -0.25) is 0 Å². The second-order valence-electron chi connectivity index (χ2n) is 6.73. The molecule has 0 nitrogen and oxygen atoms in total. The van der Waals surface area contributed by atoms with Crippen molar-refractivity contribution in [1.82, 2.24) is 0 Å². The number of allylic oxidation sites excluding steroid dienone is 3. The molecule has 0 amide bonds. The molecule has 0 heteroatoms. The normalized spacial score (nSPS) is 16.8. The summed E-state index contributed by atoms with van der Waals surface area (Å²) in [6, 6.07) is 0. The second-order valence-corrected chi connectivity index (χ2v) is 6.73. The van der Waals surface area contributed by atoms with Crippen LogP contribution in [0.15, 0.2) is 23.8 Å². The van der Waals surface area contributed by atoms with Gasteiger partial charge in [0.15, 0.2) is 0 Å². The van der Waals surface area contributed by atoms with Crippen LogP contribution in [0.3, 0.4) is 0 Å². The zero-order valence-electron chi connectivity index (χ0n) is 13.1. The molecule has 0 spiro atoms. The van der Waals surface area contributed by atoms with Crippen molar-refractivity contribution in [2.45, 2.75) is 67.7 Å². The van der Waals surface area contributed by atoms with E-state index in [0.29, 0.717) is 11.3 Å². The highest BCUT2D eigenvalue weighted by molar-refractivity contribution is 5.22. The highest BCUT2D eigenvalue weighted by Gasteiger charge is 2.21. The Morgan fingerprint density at radius 1 is 1.24 bits per heavy atom. The third-order valence-electron chi connectivity index (χ3n) is 3.81. The predicted molar refractivity (Wildman–Crippen MR) is 80.2 cm³/mol. The van der Waals surface area contributed by atoms with E-state index < -0.39 is 0 Å². The summed E-state index contributed by atoms with van der Waals surface area (Å²) in [5, 5.41) is 0. The molecule has 0 saturated heterocycles. The molecule has 17 heavy (non-hydrogen) atoms. The minimum absolute atomic E-state index is 0.343. The SMILES string of the molecule is C=C(C=C(C)C(C)C(C)(C)C)CC(C)CCC. The Bertz CT molecular complexity index is 262. The first-order chi connectivity index (χ1) is 7.68. The fraction of sp³-hybridized carbons (Fsp3) is 0.765. The maximum atomic E-state index is 4.20. The standard InChI is InChI=1S/C17H32/c1-9-10-13(2)11-14(3)12-15(4)16(5)17(6,7)8/h12-13,16H,3,9-11H2,1-2,4-8H3. The average Bonchev–Trinajstić information content (AvgIpc) is 2.14. The fourth-order valence-electron chi connectivity index (χ4n) is 2.23. The van der Waals surface area contributed by atoms with Gasteiger partial charge in [-0.2, -0.15) is 0 Å². The summed E-state index contributed by atoms with van der Waals surface area (Å²) in [7, 11) is 0. The zero-order valence-corrected chi connectivity index (χ0v) is 13.1. The molecule has 0 radical (unpaired) electrons. The fourth-order valence-corrected chi connectivity index (χ4v) is 2.23. The van der Waals surface area contributed by atoms with E-state index in [9.17, 15) is 0 Å². The molecule has 100 valence electrons. The van der Waals surface area contributed by atoms with E-state index in [1.807, 2.05) is 0 Å². The molecule has 2 atom stereocenters. The Morgan fingerprint density at radius 2 is 1.76 bits per heavy atom. The Balaban J connectivity index is 4.43. The summed E-state index contributed by atoms with van der Waals surface area (Å²) in [5.41, 5.74) is 3.10. The lowest BCUT2D eigenvalue weighted by Crippen LogP contribution is -2.18. The van der Waals surface area contributed by atoms with Crippen LogP contribution in [0, 0.1) is 17.3 Å². The van der Waals surface area contributed by atoms with Crippen molar-refractivity contribution in [2.24, 2.45) is 17.3 Å². The van der Waals surface area contributed by atoms with Crippen LogP contribution in [0.4, 0.5) is 0 Å². The monoisotopic (exact) mass is 236 g/mol. The van der Waals surface area contributed by atoms with Gasteiger partial charge in [-0.05, 0) is 30.6 Å². The van der Waals surface area contributed by atoms with Gasteiger partial charge in [0.2, 0.25) is 0 Å². The van der Waals surface area contributed by atoms with Crippen molar-refractivity contribution >= 4 is 0 Å². The number of rotatable bonds is 6. The first kappa shape index (κ1) is 16.5. The molecule has 0 aromatic heterocycles. The van der Waals surface area contributed by atoms with Gasteiger partial charge in [-0.25, -0.2) is 0 Å². The minimum atomic E-state index is 0.343. The molecule has 0 aliphatic rings. The van der Waals surface area contributed by atoms with E-state index in [4.69, 9.17) is 0 Å². The first-order valence-electron chi connectivity index (χ1n) is 7.04. The maximum Gasteiger partial charge on any atom is -0.0182 e. The smallest absolute Gasteiger partial charge is 0.0182 e. The average molecular weight is 236 g/mol. The summed E-state index contributed by atoms with van der Waals surface area (Å²) in [5.74, 6) is 1.38. The van der Waals surface area contributed by atoms with E-state index in [-0.39, 0.29) is 0 Å². The van der Waals surface area contributed by atoms with E-state index in [1.54, 1.807) is 0 Å². The van der Waals surface area contributed by atoms with Gasteiger partial charge >= 0.3 is 0 Å². The van der Waals surface area contributed by atoms with Crippen molar-refractivity contribution in [3.63, 3.8) is 0 Å². The van der Waals surface area contributed by atoms with Crippen molar-refractivity contribution in [3.05, 3.63) is 23.8 Å². The lowest BCUT2D eigenvalue weighted by molar-refractivity contribution is 0.300. The Kier molecular flexibility index (Phi) is 6.82. The topological polar surface area (TPSA) is 0 Å². The summed E-state index contributed by atoms with van der Waals surface area (Å²) < 4.78 is 0. The summed E-state index contributed by atoms with van der Waals surface area (Å²) in [4.78, 5) is 0. The van der Waals surface area contributed by atoms with Crippen LogP contribution in [-0.2, 0) is 0 Å². The van der Waals surface area contributed by atoms with E-state index in [0.717, 1.165) is 12.3 Å². The molecule has 0 N–H and O–H groups in total. The lowest BCUT2D eigenvalue weighted by atomic mass is 9.77. The Hall–Kier alpha value is -0.520. The van der Waals surface area contributed by atoms with Gasteiger partial charge in [0.1, 0.15) is 0 Å². The van der Waals surface area contributed by atoms with Crippen LogP contribution < -0.4 is 0 Å². The van der Waals surface area contributed by atoms with E-state index in [1.165, 1.54) is 24.0 Å². The van der Waals surface area contributed by atoms with Crippen molar-refractivity contribution in [2.75, 3.05) is 0 Å². The first-order valence-corrected chi connectivity index (χ1v) is 7.04. The van der Waals surface area contributed by atoms with E-state index in [2.05, 4.69) is 61.1 Å². The molecular weight excluding hydrogens is 204 g/mol. The van der Waals surface area contributed by atoms with Crippen LogP contribution in [0.5, 0.6) is 0 Å². The molecule has 0 bridgehead atoms. The Labute approximate surface area is 109 Å². The van der Waals surface area contributed by atoms with Gasteiger partial charge < -0.3 is 0 Å². The minimum Gasteiger partial charge on any atom is -0.0958 e. The molecule has 0 saturated carbocycles. The van der Waals surface area contributed by atoms with Crippen LogP contribution in [0.2, 0.25) is 0 Å². The second kappa shape index (κ2) is 7.03. The van der Waals surface area contributed by atoms with Crippen molar-refractivity contribution in [3.8, 4) is 0 Å². The molecule has 0 rings (SSSR count). The van der Waals surface area contributed by atoms with Crippen molar-refractivity contribution in [1.29, 1.82) is 0 Å². The molecule has 0 aliphatic carbocycles. The van der Waals surface area contributed by atoms with Gasteiger partial charge in [-0.1, -0.05) is 78.2 Å². The molecule has 0 fully saturated rings. The molecule has 0 aliphatic heterocycles. The molecular formula is C17H32. The molecule has 0 heterocycles. The summed E-state index contributed by atoms with van der Waals surface area (Å²) in [6.07, 6.45) is 6.03. The molecule has 2 unspecified atom stereocenters. The quantitative estimate of drug-likeness (QED) is 0.496. The number of hydrogen-bond acceptors (Lipinski definition) is 0. The van der Waals surface area contributed by atoms with Crippen LogP contribution in [0.25, 0.3) is 0 Å². The van der Waals surface area contributed by atoms with Gasteiger partial charge in [-0.15, -0.1) is 0 Å². The van der Waals surface area contributed by atoms with Crippen molar-refractivity contribution < 1.29 is 0 Å².